The Hall–Kier alpha value is -0.830. The molecule has 1 amide bonds. The minimum Gasteiger partial charge on any atom is -0.330 e. The first-order valence-corrected chi connectivity index (χ1v) is 4.45. The van der Waals surface area contributed by atoms with Crippen LogP contribution in [0.2, 0.25) is 0 Å². The Morgan fingerprint density at radius 1 is 1.33 bits per heavy atom. The van der Waals surface area contributed by atoms with Gasteiger partial charge in [0, 0.05) is 31.6 Å². The third-order valence-electron chi connectivity index (χ3n) is 2.58. The second-order valence-electron chi connectivity index (χ2n) is 3.62. The summed E-state index contributed by atoms with van der Waals surface area (Å²) in [5.41, 5.74) is 2.63. The molecule has 3 heteroatoms. The second kappa shape index (κ2) is 2.90. The van der Waals surface area contributed by atoms with Crippen LogP contribution in [0.25, 0.3) is 0 Å². The van der Waals surface area contributed by atoms with E-state index in [0.29, 0.717) is 6.42 Å². The summed E-state index contributed by atoms with van der Waals surface area (Å²) in [5, 5.41) is 2.95. The molecule has 0 aliphatic carbocycles. The van der Waals surface area contributed by atoms with Crippen molar-refractivity contribution in [3.63, 3.8) is 0 Å². The molecule has 66 valence electrons. The van der Waals surface area contributed by atoms with E-state index in [0.717, 1.165) is 25.9 Å². The average molecular weight is 166 g/mol. The normalized spacial score (nSPS) is 25.2. The maximum atomic E-state index is 11.0. The maximum Gasteiger partial charge on any atom is 0.224 e. The van der Waals surface area contributed by atoms with E-state index in [1.54, 1.807) is 0 Å². The number of likely N-dealkylation sites (N-methyl/N-ethyl adjacent to an activating group) is 1. The van der Waals surface area contributed by atoms with Gasteiger partial charge in [0.1, 0.15) is 0 Å². The average Bonchev–Trinajstić information content (AvgIpc) is 2.05. The fraction of sp³-hybridized carbons (Fsp3) is 0.667. The molecule has 0 bridgehead atoms. The number of amides is 1. The first-order valence-electron chi connectivity index (χ1n) is 4.45. The molecule has 2 heterocycles. The summed E-state index contributed by atoms with van der Waals surface area (Å²) in [4.78, 5) is 13.3. The van der Waals surface area contributed by atoms with Gasteiger partial charge in [-0.2, -0.15) is 0 Å². The Labute approximate surface area is 72.4 Å². The van der Waals surface area contributed by atoms with Crippen molar-refractivity contribution in [1.82, 2.24) is 10.2 Å². The zero-order chi connectivity index (χ0) is 8.55. The van der Waals surface area contributed by atoms with E-state index < -0.39 is 0 Å². The van der Waals surface area contributed by atoms with E-state index >= 15 is 0 Å². The monoisotopic (exact) mass is 166 g/mol. The third kappa shape index (κ3) is 1.37. The van der Waals surface area contributed by atoms with Crippen LogP contribution in [0.3, 0.4) is 0 Å². The van der Waals surface area contributed by atoms with Gasteiger partial charge in [-0.1, -0.05) is 0 Å². The lowest BCUT2D eigenvalue weighted by Gasteiger charge is -2.30. The minimum atomic E-state index is 0.193. The van der Waals surface area contributed by atoms with Crippen LogP contribution in [0, 0.1) is 0 Å². The number of carbonyl (C=O) groups is 1. The number of hydrogen-bond donors (Lipinski definition) is 1. The molecular weight excluding hydrogens is 152 g/mol. The highest BCUT2D eigenvalue weighted by atomic mass is 16.1. The lowest BCUT2D eigenvalue weighted by molar-refractivity contribution is -0.120. The highest BCUT2D eigenvalue weighted by molar-refractivity contribution is 5.79. The van der Waals surface area contributed by atoms with Crippen molar-refractivity contribution in [3.05, 3.63) is 11.3 Å². The van der Waals surface area contributed by atoms with Gasteiger partial charge >= 0.3 is 0 Å². The van der Waals surface area contributed by atoms with Gasteiger partial charge < -0.3 is 10.2 Å². The van der Waals surface area contributed by atoms with Crippen molar-refractivity contribution < 1.29 is 4.79 Å². The van der Waals surface area contributed by atoms with Gasteiger partial charge in [0.25, 0.3) is 0 Å². The summed E-state index contributed by atoms with van der Waals surface area (Å²) < 4.78 is 0. The molecule has 0 aromatic heterocycles. The molecule has 2 aliphatic rings. The Balaban J connectivity index is 2.16. The van der Waals surface area contributed by atoms with Crippen molar-refractivity contribution in [2.24, 2.45) is 0 Å². The van der Waals surface area contributed by atoms with Crippen molar-refractivity contribution in [1.29, 1.82) is 0 Å². The Kier molecular flexibility index (Phi) is 1.89. The third-order valence-corrected chi connectivity index (χ3v) is 2.58. The van der Waals surface area contributed by atoms with Gasteiger partial charge in [-0.25, -0.2) is 0 Å². The number of carbonyl (C=O) groups excluding carboxylic acids is 1. The first kappa shape index (κ1) is 7.80. The largest absolute Gasteiger partial charge is 0.330 e. The van der Waals surface area contributed by atoms with E-state index in [1.165, 1.54) is 11.3 Å². The number of nitrogens with one attached hydrogen (secondary N) is 1. The molecule has 0 unspecified atom stereocenters. The predicted molar refractivity (Wildman–Crippen MR) is 46.5 cm³/mol. The topological polar surface area (TPSA) is 32.3 Å². The van der Waals surface area contributed by atoms with E-state index in [2.05, 4.69) is 17.3 Å². The molecule has 0 fully saturated rings. The second-order valence-corrected chi connectivity index (χ2v) is 3.62. The molecule has 0 aromatic carbocycles. The van der Waals surface area contributed by atoms with Crippen LogP contribution in [-0.2, 0) is 4.79 Å². The Morgan fingerprint density at radius 2 is 2.17 bits per heavy atom. The van der Waals surface area contributed by atoms with Gasteiger partial charge in [0.2, 0.25) is 5.91 Å². The zero-order valence-electron chi connectivity index (χ0n) is 7.39. The fourth-order valence-electron chi connectivity index (χ4n) is 1.86. The van der Waals surface area contributed by atoms with Crippen LogP contribution in [-0.4, -0.2) is 30.9 Å². The SMILES string of the molecule is CN1CCC2=C(CCC(=O)N2)C1. The van der Waals surface area contributed by atoms with Gasteiger partial charge in [-0.3, -0.25) is 4.79 Å². The number of nitrogens with zero attached hydrogens (tertiary/aromatic N) is 1. The van der Waals surface area contributed by atoms with Crippen LogP contribution in [0.1, 0.15) is 19.3 Å². The van der Waals surface area contributed by atoms with Crippen molar-refractivity contribution in [2.75, 3.05) is 20.1 Å². The zero-order valence-corrected chi connectivity index (χ0v) is 7.39. The Morgan fingerprint density at radius 3 is 3.00 bits per heavy atom. The number of rotatable bonds is 0. The highest BCUT2D eigenvalue weighted by Crippen LogP contribution is 2.22. The Bertz CT molecular complexity index is 245. The molecule has 1 N–H and O–H groups in total. The molecule has 0 aromatic rings. The van der Waals surface area contributed by atoms with E-state index in [4.69, 9.17) is 0 Å². The summed E-state index contributed by atoms with van der Waals surface area (Å²) >= 11 is 0. The van der Waals surface area contributed by atoms with Crippen molar-refractivity contribution in [2.45, 2.75) is 19.3 Å². The van der Waals surface area contributed by atoms with Gasteiger partial charge in [0.05, 0.1) is 0 Å². The summed E-state index contributed by atoms with van der Waals surface area (Å²) in [6.07, 6.45) is 2.65. The van der Waals surface area contributed by atoms with Gasteiger partial charge in [-0.05, 0) is 19.0 Å². The van der Waals surface area contributed by atoms with E-state index in [-0.39, 0.29) is 5.91 Å². The van der Waals surface area contributed by atoms with Crippen molar-refractivity contribution >= 4 is 5.91 Å². The summed E-state index contributed by atoms with van der Waals surface area (Å²) in [7, 11) is 2.13. The predicted octanol–water partition coefficient (Wildman–Crippen LogP) is 0.486. The standard InChI is InChI=1S/C9H14N2O/c1-11-5-4-8-7(6-11)2-3-9(12)10-8/h2-6H2,1H3,(H,10,12). The van der Waals surface area contributed by atoms with Gasteiger partial charge in [0.15, 0.2) is 0 Å². The molecule has 2 rings (SSSR count). The van der Waals surface area contributed by atoms with Crippen molar-refractivity contribution in [3.8, 4) is 0 Å². The van der Waals surface area contributed by atoms with Crippen LogP contribution < -0.4 is 5.32 Å². The lowest BCUT2D eigenvalue weighted by Crippen LogP contribution is -2.37. The van der Waals surface area contributed by atoms with E-state index in [9.17, 15) is 4.79 Å². The molecule has 0 radical (unpaired) electrons. The first-order chi connectivity index (χ1) is 5.75. The molecule has 0 atom stereocenters. The quantitative estimate of drug-likeness (QED) is 0.568. The fourth-order valence-corrected chi connectivity index (χ4v) is 1.86. The highest BCUT2D eigenvalue weighted by Gasteiger charge is 2.21. The van der Waals surface area contributed by atoms with E-state index in [1.807, 2.05) is 0 Å². The molecule has 0 spiro atoms. The summed E-state index contributed by atoms with van der Waals surface area (Å²) in [6, 6.07) is 0. The molecule has 3 nitrogen and oxygen atoms in total. The molecule has 2 aliphatic heterocycles. The minimum absolute atomic E-state index is 0.193. The molecule has 0 saturated carbocycles. The summed E-state index contributed by atoms with van der Waals surface area (Å²) in [5.74, 6) is 0.193. The maximum absolute atomic E-state index is 11.0. The van der Waals surface area contributed by atoms with Gasteiger partial charge in [-0.15, -0.1) is 0 Å². The van der Waals surface area contributed by atoms with Crippen LogP contribution in [0.15, 0.2) is 11.3 Å². The lowest BCUT2D eigenvalue weighted by atomic mass is 9.98. The molecule has 0 saturated heterocycles. The number of hydrogen-bond acceptors (Lipinski definition) is 2. The van der Waals surface area contributed by atoms with Crippen LogP contribution in [0.5, 0.6) is 0 Å². The molecular formula is C9H14N2O. The summed E-state index contributed by atoms with van der Waals surface area (Å²) in [6.45, 7) is 2.11. The van der Waals surface area contributed by atoms with Crippen LogP contribution >= 0.6 is 0 Å². The van der Waals surface area contributed by atoms with Crippen LogP contribution in [0.4, 0.5) is 0 Å². The molecule has 12 heavy (non-hydrogen) atoms. The smallest absolute Gasteiger partial charge is 0.224 e.